The molecule has 7 heteroatoms. The highest BCUT2D eigenvalue weighted by molar-refractivity contribution is 5.91. The molecular weight excluding hydrogens is 341 g/mol. The van der Waals surface area contributed by atoms with E-state index in [1.54, 1.807) is 7.11 Å². The van der Waals surface area contributed by atoms with Gasteiger partial charge in [-0.2, -0.15) is 0 Å². The van der Waals surface area contributed by atoms with Gasteiger partial charge in [-0.25, -0.2) is 9.18 Å². The Morgan fingerprint density at radius 2 is 1.65 bits per heavy atom. The van der Waals surface area contributed by atoms with Gasteiger partial charge >= 0.3 is 5.97 Å². The molecule has 26 heavy (non-hydrogen) atoms. The van der Waals surface area contributed by atoms with Gasteiger partial charge in [-0.15, -0.1) is 0 Å². The van der Waals surface area contributed by atoms with Gasteiger partial charge in [0.25, 0.3) is 5.91 Å². The largest absolute Gasteiger partial charge is 0.497 e. The minimum Gasteiger partial charge on any atom is -0.497 e. The van der Waals surface area contributed by atoms with E-state index >= 15 is 0 Å². The number of hydrogen-bond donors (Lipinski definition) is 1. The smallest absolute Gasteiger partial charge is 0.341 e. The second kappa shape index (κ2) is 9.41. The second-order valence-corrected chi connectivity index (χ2v) is 5.37. The van der Waals surface area contributed by atoms with Gasteiger partial charge < -0.3 is 19.5 Å². The number of rotatable bonds is 8. The zero-order chi connectivity index (χ0) is 18.9. The first kappa shape index (κ1) is 19.2. The lowest BCUT2D eigenvalue weighted by Crippen LogP contribution is -2.30. The Morgan fingerprint density at radius 3 is 2.27 bits per heavy atom. The number of halogens is 1. The molecule has 0 bridgehead atoms. The number of benzene rings is 2. The summed E-state index contributed by atoms with van der Waals surface area (Å²) >= 11 is 0. The molecule has 0 fully saturated rings. The predicted molar refractivity (Wildman–Crippen MR) is 92.9 cm³/mol. The SMILES string of the molecule is COc1ccc(CCNC(=O)COC(=O)c2ccc(OC)cc2F)cc1. The van der Waals surface area contributed by atoms with Crippen LogP contribution in [0.2, 0.25) is 0 Å². The van der Waals surface area contributed by atoms with Crippen molar-refractivity contribution < 1.29 is 28.2 Å². The van der Waals surface area contributed by atoms with E-state index in [2.05, 4.69) is 5.32 Å². The van der Waals surface area contributed by atoms with Crippen LogP contribution < -0.4 is 14.8 Å². The highest BCUT2D eigenvalue weighted by Gasteiger charge is 2.15. The molecule has 0 saturated carbocycles. The summed E-state index contributed by atoms with van der Waals surface area (Å²) in [6.07, 6.45) is 0.622. The van der Waals surface area contributed by atoms with Crippen molar-refractivity contribution in [3.63, 3.8) is 0 Å². The first-order chi connectivity index (χ1) is 12.5. The third kappa shape index (κ3) is 5.47. The molecule has 2 aromatic carbocycles. The number of esters is 1. The van der Waals surface area contributed by atoms with Crippen LogP contribution in [0, 0.1) is 5.82 Å². The maximum atomic E-state index is 13.8. The number of carbonyl (C=O) groups is 2. The molecular formula is C19H20FNO5. The van der Waals surface area contributed by atoms with E-state index in [1.807, 2.05) is 24.3 Å². The van der Waals surface area contributed by atoms with Gasteiger partial charge in [0.2, 0.25) is 0 Å². The van der Waals surface area contributed by atoms with Gasteiger partial charge in [0.15, 0.2) is 6.61 Å². The zero-order valence-electron chi connectivity index (χ0n) is 14.6. The Labute approximate surface area is 150 Å². The van der Waals surface area contributed by atoms with Gasteiger partial charge in [-0.3, -0.25) is 4.79 Å². The van der Waals surface area contributed by atoms with Gasteiger partial charge in [-0.1, -0.05) is 12.1 Å². The number of nitrogens with one attached hydrogen (secondary N) is 1. The highest BCUT2D eigenvalue weighted by Crippen LogP contribution is 2.17. The van der Waals surface area contributed by atoms with Crippen molar-refractivity contribution in [3.05, 3.63) is 59.4 Å². The molecule has 2 aromatic rings. The number of methoxy groups -OCH3 is 2. The Balaban J connectivity index is 1.74. The molecule has 1 amide bonds. The molecule has 0 atom stereocenters. The molecule has 0 heterocycles. The van der Waals surface area contributed by atoms with Crippen LogP contribution in [0.4, 0.5) is 4.39 Å². The van der Waals surface area contributed by atoms with E-state index in [1.165, 1.54) is 19.2 Å². The number of carbonyl (C=O) groups excluding carboxylic acids is 2. The van der Waals surface area contributed by atoms with E-state index in [0.29, 0.717) is 13.0 Å². The van der Waals surface area contributed by atoms with Crippen molar-refractivity contribution in [3.8, 4) is 11.5 Å². The number of ether oxygens (including phenoxy) is 3. The predicted octanol–water partition coefficient (Wildman–Crippen LogP) is 2.36. The fraction of sp³-hybridized carbons (Fsp3) is 0.263. The Kier molecular flexibility index (Phi) is 6.96. The summed E-state index contributed by atoms with van der Waals surface area (Å²) in [4.78, 5) is 23.6. The molecule has 0 aliphatic rings. The van der Waals surface area contributed by atoms with Gasteiger partial charge in [0, 0.05) is 12.6 Å². The third-order valence-corrected chi connectivity index (χ3v) is 3.63. The number of amides is 1. The minimum absolute atomic E-state index is 0.253. The van der Waals surface area contributed by atoms with Crippen LogP contribution in [0.3, 0.4) is 0 Å². The van der Waals surface area contributed by atoms with Crippen molar-refractivity contribution in [2.75, 3.05) is 27.4 Å². The van der Waals surface area contributed by atoms with Crippen molar-refractivity contribution in [2.45, 2.75) is 6.42 Å². The standard InChI is InChI=1S/C19H20FNO5/c1-24-14-5-3-13(4-6-14)9-10-21-18(22)12-26-19(23)16-8-7-15(25-2)11-17(16)20/h3-8,11H,9-10,12H2,1-2H3,(H,21,22). The molecule has 0 aromatic heterocycles. The highest BCUT2D eigenvalue weighted by atomic mass is 19.1. The van der Waals surface area contributed by atoms with Crippen LogP contribution in [-0.4, -0.2) is 39.2 Å². The topological polar surface area (TPSA) is 73.9 Å². The molecule has 0 saturated heterocycles. The zero-order valence-corrected chi connectivity index (χ0v) is 14.6. The van der Waals surface area contributed by atoms with E-state index < -0.39 is 24.3 Å². The lowest BCUT2D eigenvalue weighted by atomic mass is 10.1. The second-order valence-electron chi connectivity index (χ2n) is 5.37. The summed E-state index contributed by atoms with van der Waals surface area (Å²) in [5, 5.41) is 2.64. The molecule has 0 unspecified atom stereocenters. The fourth-order valence-corrected chi connectivity index (χ4v) is 2.19. The molecule has 0 spiro atoms. The Morgan fingerprint density at radius 1 is 1.00 bits per heavy atom. The van der Waals surface area contributed by atoms with Crippen LogP contribution in [0.25, 0.3) is 0 Å². The van der Waals surface area contributed by atoms with Crippen LogP contribution >= 0.6 is 0 Å². The average molecular weight is 361 g/mol. The third-order valence-electron chi connectivity index (χ3n) is 3.63. The fourth-order valence-electron chi connectivity index (χ4n) is 2.19. The van der Waals surface area contributed by atoms with Crippen LogP contribution in [-0.2, 0) is 16.0 Å². The summed E-state index contributed by atoms with van der Waals surface area (Å²) in [6, 6.07) is 11.2. The van der Waals surface area contributed by atoms with Crippen LogP contribution in [0.15, 0.2) is 42.5 Å². The minimum atomic E-state index is -0.907. The van der Waals surface area contributed by atoms with Gasteiger partial charge in [0.1, 0.15) is 17.3 Å². The quantitative estimate of drug-likeness (QED) is 0.731. The first-order valence-corrected chi connectivity index (χ1v) is 7.93. The summed E-state index contributed by atoms with van der Waals surface area (Å²) in [6.45, 7) is -0.0907. The van der Waals surface area contributed by atoms with E-state index in [0.717, 1.165) is 17.4 Å². The van der Waals surface area contributed by atoms with E-state index in [-0.39, 0.29) is 11.3 Å². The molecule has 1 N–H and O–H groups in total. The summed E-state index contributed by atoms with van der Waals surface area (Å²) in [5.74, 6) is -1.09. The molecule has 6 nitrogen and oxygen atoms in total. The number of hydrogen-bond acceptors (Lipinski definition) is 5. The van der Waals surface area contributed by atoms with Crippen molar-refractivity contribution in [2.24, 2.45) is 0 Å². The molecule has 2 rings (SSSR count). The van der Waals surface area contributed by atoms with Crippen molar-refractivity contribution in [1.82, 2.24) is 5.32 Å². The van der Waals surface area contributed by atoms with Crippen LogP contribution in [0.5, 0.6) is 11.5 Å². The molecule has 0 aliphatic heterocycles. The van der Waals surface area contributed by atoms with Crippen molar-refractivity contribution >= 4 is 11.9 Å². The molecule has 0 aliphatic carbocycles. The maximum Gasteiger partial charge on any atom is 0.341 e. The monoisotopic (exact) mass is 361 g/mol. The van der Waals surface area contributed by atoms with Gasteiger partial charge in [-0.05, 0) is 36.2 Å². The Bertz CT molecular complexity index is 761. The average Bonchev–Trinajstić information content (AvgIpc) is 2.66. The van der Waals surface area contributed by atoms with Crippen LogP contribution in [0.1, 0.15) is 15.9 Å². The lowest BCUT2D eigenvalue weighted by molar-refractivity contribution is -0.124. The normalized spacial score (nSPS) is 10.1. The Hall–Kier alpha value is -3.09. The summed E-state index contributed by atoms with van der Waals surface area (Å²) in [5.41, 5.74) is 0.778. The van der Waals surface area contributed by atoms with E-state index in [9.17, 15) is 14.0 Å². The lowest BCUT2D eigenvalue weighted by Gasteiger charge is -2.08. The first-order valence-electron chi connectivity index (χ1n) is 7.93. The molecule has 0 radical (unpaired) electrons. The molecule has 138 valence electrons. The summed E-state index contributed by atoms with van der Waals surface area (Å²) in [7, 11) is 2.98. The van der Waals surface area contributed by atoms with Crippen molar-refractivity contribution in [1.29, 1.82) is 0 Å². The van der Waals surface area contributed by atoms with Gasteiger partial charge in [0.05, 0.1) is 19.8 Å². The maximum absolute atomic E-state index is 13.8. The van der Waals surface area contributed by atoms with E-state index in [4.69, 9.17) is 14.2 Å². The summed E-state index contributed by atoms with van der Waals surface area (Å²) < 4.78 is 28.5.